The van der Waals surface area contributed by atoms with E-state index in [1.165, 1.54) is 44.9 Å². The van der Waals surface area contributed by atoms with E-state index >= 15 is 0 Å². The molecular weight excluding hydrogens is 204 g/mol. The van der Waals surface area contributed by atoms with Crippen LogP contribution in [0.4, 0.5) is 0 Å². The monoisotopic (exact) mass is 238 g/mol. The fourth-order valence-corrected chi connectivity index (χ4v) is 4.18. The summed E-state index contributed by atoms with van der Waals surface area (Å²) in [6, 6.07) is 0. The standard InChI is InChI=1S/C17H34/c1-6-9-10-15(7-2)17-12-16(8-3)13(4)11-14(17)5/h13-17H,6-12H2,1-5H3. The van der Waals surface area contributed by atoms with E-state index in [1.54, 1.807) is 0 Å². The first kappa shape index (κ1) is 15.1. The average Bonchev–Trinajstić information content (AvgIpc) is 2.32. The van der Waals surface area contributed by atoms with Crippen molar-refractivity contribution >= 4 is 0 Å². The number of rotatable bonds is 6. The first-order valence-electron chi connectivity index (χ1n) is 8.13. The Labute approximate surface area is 110 Å². The summed E-state index contributed by atoms with van der Waals surface area (Å²) in [5.74, 6) is 4.97. The van der Waals surface area contributed by atoms with Crippen molar-refractivity contribution in [3.63, 3.8) is 0 Å². The lowest BCUT2D eigenvalue weighted by Crippen LogP contribution is -2.33. The molecule has 0 aromatic rings. The quantitative estimate of drug-likeness (QED) is 0.539. The maximum atomic E-state index is 2.52. The van der Waals surface area contributed by atoms with Gasteiger partial charge in [0.1, 0.15) is 0 Å². The minimum Gasteiger partial charge on any atom is -0.0654 e. The zero-order chi connectivity index (χ0) is 12.8. The summed E-state index contributed by atoms with van der Waals surface area (Å²) in [7, 11) is 0. The molecule has 0 saturated heterocycles. The van der Waals surface area contributed by atoms with Gasteiger partial charge in [-0.1, -0.05) is 66.7 Å². The maximum Gasteiger partial charge on any atom is -0.0357 e. The Kier molecular flexibility index (Phi) is 6.59. The van der Waals surface area contributed by atoms with Crippen LogP contribution < -0.4 is 0 Å². The van der Waals surface area contributed by atoms with Crippen LogP contribution in [-0.4, -0.2) is 0 Å². The van der Waals surface area contributed by atoms with Gasteiger partial charge < -0.3 is 0 Å². The second-order valence-corrected chi connectivity index (χ2v) is 6.57. The SMILES string of the molecule is CCCCC(CC)C1CC(CC)C(C)CC1C. The summed E-state index contributed by atoms with van der Waals surface area (Å²) in [5, 5.41) is 0. The van der Waals surface area contributed by atoms with Gasteiger partial charge in [0, 0.05) is 0 Å². The molecule has 0 bridgehead atoms. The van der Waals surface area contributed by atoms with Crippen LogP contribution in [-0.2, 0) is 0 Å². The minimum absolute atomic E-state index is 0.967. The van der Waals surface area contributed by atoms with E-state index in [2.05, 4.69) is 34.6 Å². The van der Waals surface area contributed by atoms with Gasteiger partial charge in [-0.15, -0.1) is 0 Å². The van der Waals surface area contributed by atoms with Crippen molar-refractivity contribution in [2.24, 2.45) is 29.6 Å². The van der Waals surface area contributed by atoms with Crippen LogP contribution in [0.15, 0.2) is 0 Å². The van der Waals surface area contributed by atoms with Gasteiger partial charge in [-0.2, -0.15) is 0 Å². The van der Waals surface area contributed by atoms with Crippen molar-refractivity contribution in [3.8, 4) is 0 Å². The lowest BCUT2D eigenvalue weighted by molar-refractivity contribution is 0.0791. The van der Waals surface area contributed by atoms with Crippen molar-refractivity contribution in [1.29, 1.82) is 0 Å². The molecule has 0 aromatic heterocycles. The summed E-state index contributed by atoms with van der Waals surface area (Å²) >= 11 is 0. The van der Waals surface area contributed by atoms with Crippen LogP contribution >= 0.6 is 0 Å². The van der Waals surface area contributed by atoms with Crippen molar-refractivity contribution in [3.05, 3.63) is 0 Å². The molecule has 5 unspecified atom stereocenters. The van der Waals surface area contributed by atoms with Crippen molar-refractivity contribution < 1.29 is 0 Å². The Morgan fingerprint density at radius 3 is 2.24 bits per heavy atom. The predicted octanol–water partition coefficient (Wildman–Crippen LogP) is 5.91. The molecule has 1 rings (SSSR count). The minimum atomic E-state index is 0.967. The van der Waals surface area contributed by atoms with E-state index in [4.69, 9.17) is 0 Å². The molecule has 1 saturated carbocycles. The van der Waals surface area contributed by atoms with Gasteiger partial charge in [0.2, 0.25) is 0 Å². The molecule has 0 amide bonds. The normalized spacial score (nSPS) is 35.8. The summed E-state index contributed by atoms with van der Waals surface area (Å²) in [4.78, 5) is 0. The highest BCUT2D eigenvalue weighted by Gasteiger charge is 2.35. The summed E-state index contributed by atoms with van der Waals surface area (Å²) in [6.07, 6.45) is 10.1. The van der Waals surface area contributed by atoms with Gasteiger partial charge in [0.15, 0.2) is 0 Å². The molecule has 0 spiro atoms. The molecule has 1 aliphatic carbocycles. The molecule has 5 atom stereocenters. The molecule has 0 aliphatic heterocycles. The van der Waals surface area contributed by atoms with Crippen LogP contribution in [0.25, 0.3) is 0 Å². The topological polar surface area (TPSA) is 0 Å². The maximum absolute atomic E-state index is 2.52. The predicted molar refractivity (Wildman–Crippen MR) is 78.1 cm³/mol. The Hall–Kier alpha value is 0. The summed E-state index contributed by atoms with van der Waals surface area (Å²) in [5.41, 5.74) is 0. The Balaban J connectivity index is 2.59. The van der Waals surface area contributed by atoms with Gasteiger partial charge in [-0.25, -0.2) is 0 Å². The number of hydrogen-bond acceptors (Lipinski definition) is 0. The van der Waals surface area contributed by atoms with E-state index in [9.17, 15) is 0 Å². The molecule has 0 heteroatoms. The zero-order valence-electron chi connectivity index (χ0n) is 12.8. The molecule has 102 valence electrons. The van der Waals surface area contributed by atoms with Crippen LogP contribution in [0.1, 0.15) is 79.6 Å². The molecular formula is C17H34. The third kappa shape index (κ3) is 4.00. The number of hydrogen-bond donors (Lipinski definition) is 0. The van der Waals surface area contributed by atoms with Gasteiger partial charge in [-0.05, 0) is 42.4 Å². The van der Waals surface area contributed by atoms with Crippen LogP contribution in [0.2, 0.25) is 0 Å². The highest BCUT2D eigenvalue weighted by Crippen LogP contribution is 2.44. The fraction of sp³-hybridized carbons (Fsp3) is 1.00. The van der Waals surface area contributed by atoms with Crippen LogP contribution in [0.3, 0.4) is 0 Å². The molecule has 0 aromatic carbocycles. The molecule has 17 heavy (non-hydrogen) atoms. The van der Waals surface area contributed by atoms with Gasteiger partial charge in [0.25, 0.3) is 0 Å². The second-order valence-electron chi connectivity index (χ2n) is 6.57. The van der Waals surface area contributed by atoms with E-state index in [1.807, 2.05) is 0 Å². The highest BCUT2D eigenvalue weighted by atomic mass is 14.4. The first-order chi connectivity index (χ1) is 8.13. The lowest BCUT2D eigenvalue weighted by Gasteiger charge is -2.42. The van der Waals surface area contributed by atoms with E-state index in [-0.39, 0.29) is 0 Å². The van der Waals surface area contributed by atoms with Crippen molar-refractivity contribution in [1.82, 2.24) is 0 Å². The third-order valence-electron chi connectivity index (χ3n) is 5.44. The smallest absolute Gasteiger partial charge is 0.0357 e. The van der Waals surface area contributed by atoms with E-state index < -0.39 is 0 Å². The van der Waals surface area contributed by atoms with Gasteiger partial charge in [-0.3, -0.25) is 0 Å². The van der Waals surface area contributed by atoms with Crippen LogP contribution in [0, 0.1) is 29.6 Å². The van der Waals surface area contributed by atoms with E-state index in [0.29, 0.717) is 0 Å². The fourth-order valence-electron chi connectivity index (χ4n) is 4.18. The Bertz CT molecular complexity index is 196. The second kappa shape index (κ2) is 7.44. The third-order valence-corrected chi connectivity index (χ3v) is 5.44. The zero-order valence-corrected chi connectivity index (χ0v) is 12.8. The van der Waals surface area contributed by atoms with Gasteiger partial charge in [0.05, 0.1) is 0 Å². The van der Waals surface area contributed by atoms with Gasteiger partial charge >= 0.3 is 0 Å². The summed E-state index contributed by atoms with van der Waals surface area (Å²) < 4.78 is 0. The Morgan fingerprint density at radius 1 is 1.00 bits per heavy atom. The number of unbranched alkanes of at least 4 members (excludes halogenated alkanes) is 1. The highest BCUT2D eigenvalue weighted by molar-refractivity contribution is 4.85. The average molecular weight is 238 g/mol. The molecule has 1 fully saturated rings. The molecule has 0 N–H and O–H groups in total. The molecule has 1 aliphatic rings. The molecule has 0 heterocycles. The van der Waals surface area contributed by atoms with E-state index in [0.717, 1.165) is 29.6 Å². The molecule has 0 nitrogen and oxygen atoms in total. The lowest BCUT2D eigenvalue weighted by atomic mass is 9.63. The van der Waals surface area contributed by atoms with Crippen molar-refractivity contribution in [2.75, 3.05) is 0 Å². The molecule has 0 radical (unpaired) electrons. The first-order valence-corrected chi connectivity index (χ1v) is 8.13. The Morgan fingerprint density at radius 2 is 1.71 bits per heavy atom. The van der Waals surface area contributed by atoms with Crippen molar-refractivity contribution in [2.45, 2.75) is 79.6 Å². The largest absolute Gasteiger partial charge is 0.0654 e. The summed E-state index contributed by atoms with van der Waals surface area (Å²) in [6.45, 7) is 12.1. The van der Waals surface area contributed by atoms with Crippen LogP contribution in [0.5, 0.6) is 0 Å².